The Morgan fingerprint density at radius 3 is 2.77 bits per heavy atom. The van der Waals surface area contributed by atoms with E-state index in [1.54, 1.807) is 19.4 Å². The molecule has 0 saturated heterocycles. The molecule has 9 heteroatoms. The van der Waals surface area contributed by atoms with Gasteiger partial charge < -0.3 is 26.8 Å². The quantitative estimate of drug-likeness (QED) is 0.478. The fourth-order valence-electron chi connectivity index (χ4n) is 3.91. The predicted molar refractivity (Wildman–Crippen MR) is 118 cm³/mol. The Morgan fingerprint density at radius 2 is 2.03 bits per heavy atom. The van der Waals surface area contributed by atoms with Crippen molar-refractivity contribution in [2.24, 2.45) is 11.5 Å². The van der Waals surface area contributed by atoms with E-state index in [4.69, 9.17) is 16.2 Å². The highest BCUT2D eigenvalue weighted by atomic mass is 19.1. The molecule has 3 aromatic rings. The summed E-state index contributed by atoms with van der Waals surface area (Å²) in [5.74, 6) is -0.716. The van der Waals surface area contributed by atoms with Crippen LogP contribution in [0.3, 0.4) is 0 Å². The number of fused-ring (bicyclic) bond motifs is 1. The summed E-state index contributed by atoms with van der Waals surface area (Å²) in [4.78, 5) is 20.6. The lowest BCUT2D eigenvalue weighted by Gasteiger charge is -2.30. The van der Waals surface area contributed by atoms with Gasteiger partial charge in [-0.1, -0.05) is 18.9 Å². The normalized spacial score (nSPS) is 18.5. The van der Waals surface area contributed by atoms with Crippen molar-refractivity contribution in [3.8, 4) is 5.75 Å². The number of aromatic nitrogens is 2. The molecule has 0 aliphatic heterocycles. The second-order valence-corrected chi connectivity index (χ2v) is 7.66. The number of benzene rings is 1. The molecule has 1 amide bonds. The van der Waals surface area contributed by atoms with Gasteiger partial charge in [-0.15, -0.1) is 0 Å². The molecule has 0 bridgehead atoms. The molecular formula is C22H25FN6O2. The largest absolute Gasteiger partial charge is 0.494 e. The van der Waals surface area contributed by atoms with Gasteiger partial charge in [0.05, 0.1) is 12.7 Å². The van der Waals surface area contributed by atoms with E-state index >= 15 is 0 Å². The number of hydrogen-bond donors (Lipinski definition) is 4. The molecule has 0 spiro atoms. The minimum atomic E-state index is -0.788. The van der Waals surface area contributed by atoms with Gasteiger partial charge in [0.15, 0.2) is 11.6 Å². The molecule has 4 rings (SSSR count). The molecule has 1 aliphatic carbocycles. The lowest BCUT2D eigenvalue weighted by atomic mass is 9.91. The highest BCUT2D eigenvalue weighted by Gasteiger charge is 2.24. The number of rotatable bonds is 6. The Labute approximate surface area is 179 Å². The lowest BCUT2D eigenvalue weighted by molar-refractivity contribution is 0.100. The zero-order chi connectivity index (χ0) is 22.0. The van der Waals surface area contributed by atoms with Crippen LogP contribution >= 0.6 is 0 Å². The molecular weight excluding hydrogens is 399 g/mol. The minimum Gasteiger partial charge on any atom is -0.494 e. The molecule has 8 nitrogen and oxygen atoms in total. The van der Waals surface area contributed by atoms with Gasteiger partial charge >= 0.3 is 0 Å². The number of nitrogens with one attached hydrogen (secondary N) is 2. The van der Waals surface area contributed by atoms with Crippen LogP contribution in [0.15, 0.2) is 36.5 Å². The average molecular weight is 424 g/mol. The van der Waals surface area contributed by atoms with Gasteiger partial charge in [0, 0.05) is 35.4 Å². The highest BCUT2D eigenvalue weighted by Crippen LogP contribution is 2.31. The first-order valence-corrected chi connectivity index (χ1v) is 10.2. The van der Waals surface area contributed by atoms with Crippen molar-refractivity contribution in [2.45, 2.75) is 37.8 Å². The number of anilines is 3. The van der Waals surface area contributed by atoms with Crippen LogP contribution in [-0.4, -0.2) is 35.1 Å². The molecule has 2 heterocycles. The number of pyridine rings is 2. The average Bonchev–Trinajstić information content (AvgIpc) is 2.76. The zero-order valence-corrected chi connectivity index (χ0v) is 17.2. The Balaban J connectivity index is 1.71. The van der Waals surface area contributed by atoms with Crippen molar-refractivity contribution >= 4 is 34.1 Å². The number of hydrogen-bond acceptors (Lipinski definition) is 7. The lowest BCUT2D eigenvalue weighted by Crippen LogP contribution is -2.43. The van der Waals surface area contributed by atoms with E-state index in [2.05, 4.69) is 20.6 Å². The summed E-state index contributed by atoms with van der Waals surface area (Å²) in [6.07, 6.45) is 5.45. The van der Waals surface area contributed by atoms with Gasteiger partial charge in [0.1, 0.15) is 17.1 Å². The van der Waals surface area contributed by atoms with E-state index in [0.717, 1.165) is 37.1 Å². The van der Waals surface area contributed by atoms with Crippen LogP contribution in [0.2, 0.25) is 0 Å². The van der Waals surface area contributed by atoms with Crippen LogP contribution in [0.4, 0.5) is 21.7 Å². The van der Waals surface area contributed by atoms with Crippen molar-refractivity contribution in [2.75, 3.05) is 17.7 Å². The van der Waals surface area contributed by atoms with Crippen molar-refractivity contribution in [3.63, 3.8) is 0 Å². The number of carbonyl (C=O) groups is 1. The third-order valence-corrected chi connectivity index (χ3v) is 5.54. The molecule has 2 unspecified atom stereocenters. The number of nitrogens with zero attached hydrogens (tertiary/aromatic N) is 2. The second kappa shape index (κ2) is 8.73. The minimum absolute atomic E-state index is 0.0317. The van der Waals surface area contributed by atoms with Gasteiger partial charge in [0.25, 0.3) is 5.91 Å². The number of ether oxygens (including phenoxy) is 1. The molecule has 1 aliphatic rings. The number of carbonyl (C=O) groups excluding carboxylic acids is 1. The molecule has 6 N–H and O–H groups in total. The first-order chi connectivity index (χ1) is 15.0. The maximum atomic E-state index is 14.7. The maximum Gasteiger partial charge on any atom is 0.252 e. The van der Waals surface area contributed by atoms with E-state index in [1.165, 1.54) is 0 Å². The van der Waals surface area contributed by atoms with E-state index in [-0.39, 0.29) is 29.3 Å². The van der Waals surface area contributed by atoms with Crippen LogP contribution < -0.4 is 26.8 Å². The van der Waals surface area contributed by atoms with Crippen LogP contribution in [0.25, 0.3) is 10.9 Å². The monoisotopic (exact) mass is 424 g/mol. The number of halogens is 1. The maximum absolute atomic E-state index is 14.7. The molecule has 162 valence electrons. The van der Waals surface area contributed by atoms with E-state index in [1.807, 2.05) is 18.2 Å². The second-order valence-electron chi connectivity index (χ2n) is 7.66. The Bertz CT molecular complexity index is 1120. The fourth-order valence-corrected chi connectivity index (χ4v) is 3.91. The Hall–Kier alpha value is -3.46. The first-order valence-electron chi connectivity index (χ1n) is 10.2. The molecule has 31 heavy (non-hydrogen) atoms. The summed E-state index contributed by atoms with van der Waals surface area (Å²) in [7, 11) is 1.55. The number of nitrogens with two attached hydrogens (primary N) is 2. The van der Waals surface area contributed by atoms with Gasteiger partial charge in [-0.25, -0.2) is 9.37 Å². The summed E-state index contributed by atoms with van der Waals surface area (Å²) in [5.41, 5.74) is 12.9. The molecule has 1 fully saturated rings. The smallest absolute Gasteiger partial charge is 0.252 e. The molecule has 1 aromatic carbocycles. The van der Waals surface area contributed by atoms with Crippen LogP contribution in [0.1, 0.15) is 36.0 Å². The summed E-state index contributed by atoms with van der Waals surface area (Å²) in [6, 6.07) is 8.19. The van der Waals surface area contributed by atoms with Crippen molar-refractivity contribution in [1.82, 2.24) is 9.97 Å². The zero-order valence-electron chi connectivity index (χ0n) is 17.2. The topological polar surface area (TPSA) is 128 Å². The van der Waals surface area contributed by atoms with Crippen molar-refractivity contribution in [1.29, 1.82) is 0 Å². The van der Waals surface area contributed by atoms with E-state index < -0.39 is 11.7 Å². The van der Waals surface area contributed by atoms with Gasteiger partial charge in [-0.05, 0) is 31.0 Å². The van der Waals surface area contributed by atoms with Crippen LogP contribution in [0.5, 0.6) is 5.75 Å². The van der Waals surface area contributed by atoms with Crippen molar-refractivity contribution in [3.05, 3.63) is 47.9 Å². The highest BCUT2D eigenvalue weighted by molar-refractivity contribution is 5.99. The number of amides is 1. The van der Waals surface area contributed by atoms with Crippen LogP contribution in [-0.2, 0) is 0 Å². The molecule has 2 aromatic heterocycles. The Kier molecular flexibility index (Phi) is 5.85. The molecule has 0 radical (unpaired) electrons. The fraction of sp³-hybridized carbons (Fsp3) is 0.318. The summed E-state index contributed by atoms with van der Waals surface area (Å²) in [5, 5.41) is 7.02. The third-order valence-electron chi connectivity index (χ3n) is 5.54. The van der Waals surface area contributed by atoms with Gasteiger partial charge in [-0.3, -0.25) is 9.78 Å². The SMILES string of the molecule is COc1cc(Nc2nc(NC3CCCCC3N)c(F)cc2C(N)=O)cc2cccnc12. The molecule has 2 atom stereocenters. The predicted octanol–water partition coefficient (Wildman–Crippen LogP) is 3.30. The first kappa shape index (κ1) is 20.8. The summed E-state index contributed by atoms with van der Waals surface area (Å²) in [6.45, 7) is 0. The van der Waals surface area contributed by atoms with Gasteiger partial charge in [-0.2, -0.15) is 0 Å². The number of primary amides is 1. The van der Waals surface area contributed by atoms with E-state index in [9.17, 15) is 9.18 Å². The standard InChI is InChI=1S/C22H25FN6O2/c1-31-18-10-13(9-12-5-4-8-26-19(12)18)27-21-14(20(25)30)11-15(23)22(29-21)28-17-7-3-2-6-16(17)24/h4-5,8-11,16-17H,2-3,6-7,24H2,1H3,(H2,25,30)(H2,27,28,29). The number of methoxy groups -OCH3 is 1. The third kappa shape index (κ3) is 4.36. The summed E-state index contributed by atoms with van der Waals surface area (Å²) < 4.78 is 20.1. The Morgan fingerprint density at radius 1 is 1.23 bits per heavy atom. The van der Waals surface area contributed by atoms with Gasteiger partial charge in [0.2, 0.25) is 0 Å². The van der Waals surface area contributed by atoms with Crippen molar-refractivity contribution < 1.29 is 13.9 Å². The molecule has 1 saturated carbocycles. The van der Waals surface area contributed by atoms with Crippen LogP contribution in [0, 0.1) is 5.82 Å². The van der Waals surface area contributed by atoms with E-state index in [0.29, 0.717) is 17.0 Å². The summed E-state index contributed by atoms with van der Waals surface area (Å²) >= 11 is 0.